The Labute approximate surface area is 102 Å². The molecule has 1 aromatic rings. The first-order valence-corrected chi connectivity index (χ1v) is 5.54. The predicted molar refractivity (Wildman–Crippen MR) is 64.0 cm³/mol. The summed E-state index contributed by atoms with van der Waals surface area (Å²) in [6.45, 7) is 2.36. The van der Waals surface area contributed by atoms with Gasteiger partial charge < -0.3 is 10.1 Å². The van der Waals surface area contributed by atoms with Gasteiger partial charge in [-0.2, -0.15) is 5.26 Å². The fourth-order valence-corrected chi connectivity index (χ4v) is 1.54. The summed E-state index contributed by atoms with van der Waals surface area (Å²) in [7, 11) is 0. The summed E-state index contributed by atoms with van der Waals surface area (Å²) in [5, 5.41) is 11.3. The van der Waals surface area contributed by atoms with Crippen molar-refractivity contribution in [2.45, 2.75) is 6.92 Å². The number of hydrogen-bond acceptors (Lipinski definition) is 3. The Morgan fingerprint density at radius 1 is 1.62 bits per heavy atom. The van der Waals surface area contributed by atoms with Crippen LogP contribution in [-0.4, -0.2) is 19.1 Å². The highest BCUT2D eigenvalue weighted by molar-refractivity contribution is 9.10. The monoisotopic (exact) mass is 282 g/mol. The molecule has 5 heteroatoms. The molecule has 0 aromatic heterocycles. The fraction of sp³-hybridized carbons (Fsp3) is 0.273. The van der Waals surface area contributed by atoms with Gasteiger partial charge in [0.25, 0.3) is 0 Å². The van der Waals surface area contributed by atoms with Gasteiger partial charge in [-0.1, -0.05) is 0 Å². The smallest absolute Gasteiger partial charge is 0.250 e. The Balaban J connectivity index is 2.68. The summed E-state index contributed by atoms with van der Waals surface area (Å²) in [5.41, 5.74) is 1.17. The third-order valence-corrected chi connectivity index (χ3v) is 2.47. The fourth-order valence-electron chi connectivity index (χ4n) is 1.07. The molecule has 0 saturated carbocycles. The van der Waals surface area contributed by atoms with Gasteiger partial charge in [-0.3, -0.25) is 4.79 Å². The van der Waals surface area contributed by atoms with E-state index in [9.17, 15) is 4.79 Å². The lowest BCUT2D eigenvalue weighted by atomic mass is 10.2. The van der Waals surface area contributed by atoms with E-state index in [1.807, 2.05) is 13.0 Å². The van der Waals surface area contributed by atoms with E-state index in [-0.39, 0.29) is 12.5 Å². The molecule has 0 bridgehead atoms. The first-order valence-electron chi connectivity index (χ1n) is 4.74. The van der Waals surface area contributed by atoms with Crippen LogP contribution in [0.3, 0.4) is 0 Å². The van der Waals surface area contributed by atoms with Crippen molar-refractivity contribution in [1.82, 2.24) is 0 Å². The normalized spacial score (nSPS) is 9.56. The van der Waals surface area contributed by atoms with Gasteiger partial charge in [-0.05, 0) is 41.1 Å². The van der Waals surface area contributed by atoms with Gasteiger partial charge in [0, 0.05) is 11.1 Å². The second-order valence-corrected chi connectivity index (χ2v) is 3.85. The predicted octanol–water partition coefficient (Wildman–Crippen LogP) is 2.30. The van der Waals surface area contributed by atoms with Crippen molar-refractivity contribution >= 4 is 27.5 Å². The van der Waals surface area contributed by atoms with Crippen molar-refractivity contribution in [1.29, 1.82) is 5.26 Å². The Morgan fingerprint density at radius 2 is 2.38 bits per heavy atom. The van der Waals surface area contributed by atoms with Gasteiger partial charge in [0.15, 0.2) is 0 Å². The van der Waals surface area contributed by atoms with Gasteiger partial charge in [0.1, 0.15) is 6.61 Å². The molecule has 16 heavy (non-hydrogen) atoms. The first-order chi connectivity index (χ1) is 7.67. The molecule has 0 spiro atoms. The quantitative estimate of drug-likeness (QED) is 0.922. The van der Waals surface area contributed by atoms with Crippen LogP contribution in [0.2, 0.25) is 0 Å². The highest BCUT2D eigenvalue weighted by atomic mass is 79.9. The van der Waals surface area contributed by atoms with Gasteiger partial charge in [0.05, 0.1) is 17.3 Å². The molecule has 0 aliphatic carbocycles. The number of hydrogen-bond donors (Lipinski definition) is 1. The Hall–Kier alpha value is -1.38. The van der Waals surface area contributed by atoms with Crippen molar-refractivity contribution in [2.24, 2.45) is 0 Å². The highest BCUT2D eigenvalue weighted by Gasteiger charge is 2.05. The van der Waals surface area contributed by atoms with Crippen LogP contribution in [0.4, 0.5) is 5.69 Å². The molecule has 1 amide bonds. The number of nitriles is 1. The van der Waals surface area contributed by atoms with E-state index in [4.69, 9.17) is 10.00 Å². The Kier molecular flexibility index (Phi) is 4.96. The largest absolute Gasteiger partial charge is 0.372 e. The summed E-state index contributed by atoms with van der Waals surface area (Å²) < 4.78 is 5.65. The number of nitrogens with one attached hydrogen (secondary N) is 1. The lowest BCUT2D eigenvalue weighted by molar-refractivity contribution is -0.120. The summed E-state index contributed by atoms with van der Waals surface area (Å²) >= 11 is 3.28. The van der Waals surface area contributed by atoms with Crippen LogP contribution in [-0.2, 0) is 9.53 Å². The second kappa shape index (κ2) is 6.26. The number of benzene rings is 1. The summed E-state index contributed by atoms with van der Waals surface area (Å²) in [4.78, 5) is 11.4. The molecule has 0 fully saturated rings. The van der Waals surface area contributed by atoms with E-state index in [0.717, 1.165) is 0 Å². The molecule has 0 saturated heterocycles. The Bertz CT molecular complexity index is 426. The van der Waals surface area contributed by atoms with E-state index < -0.39 is 0 Å². The number of nitrogens with zero attached hydrogens (tertiary/aromatic N) is 1. The molecule has 84 valence electrons. The third-order valence-electron chi connectivity index (χ3n) is 1.81. The molecule has 0 atom stereocenters. The third kappa shape index (κ3) is 3.65. The number of carbonyl (C=O) groups excluding carboxylic acids is 1. The SMILES string of the molecule is CCOCC(=O)Nc1ccc(C#N)cc1Br. The van der Waals surface area contributed by atoms with Crippen molar-refractivity contribution in [2.75, 3.05) is 18.5 Å². The van der Waals surface area contributed by atoms with Crippen LogP contribution in [0.1, 0.15) is 12.5 Å². The standard InChI is InChI=1S/C11H11BrN2O2/c1-2-16-7-11(15)14-10-4-3-8(6-13)5-9(10)12/h3-5H,2,7H2,1H3,(H,14,15). The number of rotatable bonds is 4. The van der Waals surface area contributed by atoms with Crippen LogP contribution >= 0.6 is 15.9 Å². The summed E-state index contributed by atoms with van der Waals surface area (Å²) in [5.74, 6) is -0.216. The van der Waals surface area contributed by atoms with Crippen LogP contribution in [0, 0.1) is 11.3 Å². The zero-order valence-corrected chi connectivity index (χ0v) is 10.4. The molecule has 0 aliphatic rings. The minimum atomic E-state index is -0.216. The van der Waals surface area contributed by atoms with E-state index in [1.54, 1.807) is 18.2 Å². The molecule has 4 nitrogen and oxygen atoms in total. The van der Waals surface area contributed by atoms with E-state index >= 15 is 0 Å². The molecule has 1 aromatic carbocycles. The number of amides is 1. The average Bonchev–Trinajstić information content (AvgIpc) is 2.29. The molecule has 0 heterocycles. The van der Waals surface area contributed by atoms with E-state index in [1.165, 1.54) is 0 Å². The Morgan fingerprint density at radius 3 is 2.94 bits per heavy atom. The minimum Gasteiger partial charge on any atom is -0.372 e. The molecule has 0 unspecified atom stereocenters. The summed E-state index contributed by atoms with van der Waals surface area (Å²) in [6, 6.07) is 6.98. The van der Waals surface area contributed by atoms with Crippen molar-refractivity contribution in [3.05, 3.63) is 28.2 Å². The number of anilines is 1. The van der Waals surface area contributed by atoms with Crippen LogP contribution in [0.25, 0.3) is 0 Å². The van der Waals surface area contributed by atoms with Gasteiger partial charge in [-0.15, -0.1) is 0 Å². The lowest BCUT2D eigenvalue weighted by Crippen LogP contribution is -2.18. The van der Waals surface area contributed by atoms with E-state index in [2.05, 4.69) is 21.2 Å². The van der Waals surface area contributed by atoms with Gasteiger partial charge in [-0.25, -0.2) is 0 Å². The maximum Gasteiger partial charge on any atom is 0.250 e. The molecule has 0 aliphatic heterocycles. The zero-order valence-electron chi connectivity index (χ0n) is 8.79. The van der Waals surface area contributed by atoms with Crippen LogP contribution in [0.15, 0.2) is 22.7 Å². The van der Waals surface area contributed by atoms with Crippen molar-refractivity contribution in [3.8, 4) is 6.07 Å². The lowest BCUT2D eigenvalue weighted by Gasteiger charge is -2.07. The second-order valence-electron chi connectivity index (χ2n) is 2.99. The number of halogens is 1. The van der Waals surface area contributed by atoms with Crippen LogP contribution in [0.5, 0.6) is 0 Å². The number of carbonyl (C=O) groups is 1. The zero-order chi connectivity index (χ0) is 12.0. The van der Waals surface area contributed by atoms with E-state index in [0.29, 0.717) is 22.3 Å². The van der Waals surface area contributed by atoms with Gasteiger partial charge >= 0.3 is 0 Å². The highest BCUT2D eigenvalue weighted by Crippen LogP contribution is 2.23. The maximum atomic E-state index is 11.4. The van der Waals surface area contributed by atoms with Gasteiger partial charge in [0.2, 0.25) is 5.91 Å². The molecular weight excluding hydrogens is 272 g/mol. The maximum absolute atomic E-state index is 11.4. The summed E-state index contributed by atoms with van der Waals surface area (Å²) in [6.07, 6.45) is 0. The first kappa shape index (κ1) is 12.7. The van der Waals surface area contributed by atoms with Crippen molar-refractivity contribution in [3.63, 3.8) is 0 Å². The average molecular weight is 283 g/mol. The number of ether oxygens (including phenoxy) is 1. The minimum absolute atomic E-state index is 0.0307. The van der Waals surface area contributed by atoms with Crippen LogP contribution < -0.4 is 5.32 Å². The molecule has 1 N–H and O–H groups in total. The molecular formula is C11H11BrN2O2. The topological polar surface area (TPSA) is 62.1 Å². The van der Waals surface area contributed by atoms with Crippen molar-refractivity contribution < 1.29 is 9.53 Å². The molecule has 0 radical (unpaired) electrons. The molecule has 1 rings (SSSR count).